The van der Waals surface area contributed by atoms with Gasteiger partial charge in [0, 0.05) is 0 Å². The van der Waals surface area contributed by atoms with Crippen LogP contribution in [0.4, 0.5) is 0 Å². The van der Waals surface area contributed by atoms with E-state index in [1.165, 1.54) is 0 Å². The predicted molar refractivity (Wildman–Crippen MR) is 51.5 cm³/mol. The lowest BCUT2D eigenvalue weighted by atomic mass is 9.80. The van der Waals surface area contributed by atoms with Crippen LogP contribution in [0.2, 0.25) is 0 Å². The van der Waals surface area contributed by atoms with Crippen molar-refractivity contribution in [3.05, 3.63) is 24.3 Å². The van der Waals surface area contributed by atoms with Crippen molar-refractivity contribution in [2.24, 2.45) is 0 Å². The molecule has 0 bridgehead atoms. The molecule has 1 aromatic rings. The van der Waals surface area contributed by atoms with Crippen molar-refractivity contribution in [1.82, 2.24) is 0 Å². The Kier molecular flexibility index (Phi) is 2.72. The molecule has 0 radical (unpaired) electrons. The topological polar surface area (TPSA) is 58.9 Å². The van der Waals surface area contributed by atoms with Crippen LogP contribution in [0.5, 0.6) is 5.75 Å². The van der Waals surface area contributed by atoms with Crippen LogP contribution >= 0.6 is 0 Å². The molecule has 14 heavy (non-hydrogen) atoms. The van der Waals surface area contributed by atoms with Crippen molar-refractivity contribution in [1.29, 1.82) is 0 Å². The maximum absolute atomic E-state index is 8.85. The minimum atomic E-state index is -1.42. The van der Waals surface area contributed by atoms with Gasteiger partial charge in [0.15, 0.2) is 0 Å². The molecule has 0 amide bonds. The molecule has 1 aliphatic heterocycles. The van der Waals surface area contributed by atoms with Crippen molar-refractivity contribution in [2.45, 2.75) is 6.10 Å². The van der Waals surface area contributed by atoms with E-state index >= 15 is 0 Å². The zero-order valence-corrected chi connectivity index (χ0v) is 7.59. The average molecular weight is 194 g/mol. The molecule has 0 spiro atoms. The van der Waals surface area contributed by atoms with Gasteiger partial charge in [-0.1, -0.05) is 12.1 Å². The second-order valence-corrected chi connectivity index (χ2v) is 3.22. The second-order valence-electron chi connectivity index (χ2n) is 3.22. The Balaban J connectivity index is 1.98. The molecular weight excluding hydrogens is 183 g/mol. The van der Waals surface area contributed by atoms with Gasteiger partial charge in [0.1, 0.15) is 11.9 Å². The Morgan fingerprint density at radius 1 is 1.21 bits per heavy atom. The zero-order valence-electron chi connectivity index (χ0n) is 7.59. The predicted octanol–water partition coefficient (Wildman–Crippen LogP) is -0.856. The third-order valence-electron chi connectivity index (χ3n) is 2.09. The van der Waals surface area contributed by atoms with Crippen LogP contribution in [-0.4, -0.2) is 36.5 Å². The van der Waals surface area contributed by atoms with E-state index in [0.29, 0.717) is 18.7 Å². The Morgan fingerprint density at radius 2 is 1.86 bits per heavy atom. The number of hydrogen-bond donors (Lipinski definition) is 2. The minimum absolute atomic E-state index is 0.139. The number of benzene rings is 1. The summed E-state index contributed by atoms with van der Waals surface area (Å²) in [7, 11) is -1.42. The van der Waals surface area contributed by atoms with Gasteiger partial charge < -0.3 is 19.5 Å². The van der Waals surface area contributed by atoms with E-state index in [0.717, 1.165) is 5.75 Å². The van der Waals surface area contributed by atoms with Gasteiger partial charge in [-0.25, -0.2) is 0 Å². The van der Waals surface area contributed by atoms with Gasteiger partial charge in [0.05, 0.1) is 13.2 Å². The summed E-state index contributed by atoms with van der Waals surface area (Å²) in [5.41, 5.74) is 0.460. The van der Waals surface area contributed by atoms with Crippen molar-refractivity contribution >= 4 is 12.6 Å². The summed E-state index contributed by atoms with van der Waals surface area (Å²) in [4.78, 5) is 0. The average Bonchev–Trinajstić information content (AvgIpc) is 2.12. The van der Waals surface area contributed by atoms with Gasteiger partial charge in [-0.3, -0.25) is 0 Å². The van der Waals surface area contributed by atoms with E-state index in [2.05, 4.69) is 0 Å². The maximum Gasteiger partial charge on any atom is 0.488 e. The minimum Gasteiger partial charge on any atom is -0.486 e. The lowest BCUT2D eigenvalue weighted by Gasteiger charge is -2.26. The number of hydrogen-bond acceptors (Lipinski definition) is 4. The third-order valence-corrected chi connectivity index (χ3v) is 2.09. The van der Waals surface area contributed by atoms with E-state index in [1.54, 1.807) is 24.3 Å². The third kappa shape index (κ3) is 2.06. The quantitative estimate of drug-likeness (QED) is 0.615. The maximum atomic E-state index is 8.85. The molecule has 1 aliphatic rings. The van der Waals surface area contributed by atoms with Gasteiger partial charge in [-0.05, 0) is 17.6 Å². The highest BCUT2D eigenvalue weighted by Crippen LogP contribution is 2.14. The van der Waals surface area contributed by atoms with Gasteiger partial charge in [0.25, 0.3) is 0 Å². The van der Waals surface area contributed by atoms with Crippen LogP contribution in [0, 0.1) is 0 Å². The molecule has 74 valence electrons. The monoisotopic (exact) mass is 194 g/mol. The van der Waals surface area contributed by atoms with Gasteiger partial charge in [-0.2, -0.15) is 0 Å². The van der Waals surface area contributed by atoms with Crippen molar-refractivity contribution in [3.63, 3.8) is 0 Å². The summed E-state index contributed by atoms with van der Waals surface area (Å²) in [5.74, 6) is 0.725. The van der Waals surface area contributed by atoms with E-state index < -0.39 is 7.12 Å². The molecule has 1 aromatic carbocycles. The van der Waals surface area contributed by atoms with E-state index in [-0.39, 0.29) is 6.10 Å². The molecule has 0 atom stereocenters. The molecule has 0 aliphatic carbocycles. The first kappa shape index (κ1) is 9.52. The van der Waals surface area contributed by atoms with Crippen LogP contribution in [-0.2, 0) is 4.74 Å². The van der Waals surface area contributed by atoms with Crippen molar-refractivity contribution < 1.29 is 19.5 Å². The highest BCUT2D eigenvalue weighted by molar-refractivity contribution is 6.58. The van der Waals surface area contributed by atoms with E-state index in [9.17, 15) is 0 Å². The summed E-state index contributed by atoms with van der Waals surface area (Å²) in [5, 5.41) is 17.7. The van der Waals surface area contributed by atoms with Gasteiger partial charge in [0.2, 0.25) is 0 Å². The summed E-state index contributed by atoms with van der Waals surface area (Å²) < 4.78 is 10.5. The SMILES string of the molecule is OB(O)c1ccc(OC2COC2)cc1. The molecule has 2 rings (SSSR count). The summed E-state index contributed by atoms with van der Waals surface area (Å²) >= 11 is 0. The standard InChI is InChI=1S/C9H11BO4/c11-10(12)7-1-3-8(4-2-7)14-9-5-13-6-9/h1-4,9,11-12H,5-6H2. The summed E-state index contributed by atoms with van der Waals surface area (Å²) in [6.45, 7) is 1.26. The Bertz CT molecular complexity index is 294. The van der Waals surface area contributed by atoms with Crippen LogP contribution in [0.25, 0.3) is 0 Å². The summed E-state index contributed by atoms with van der Waals surface area (Å²) in [6.07, 6.45) is 0.139. The van der Waals surface area contributed by atoms with Crippen molar-refractivity contribution in [3.8, 4) is 5.75 Å². The Morgan fingerprint density at radius 3 is 2.29 bits per heavy atom. The Labute approximate surface area is 82.2 Å². The second kappa shape index (κ2) is 4.00. The molecule has 4 nitrogen and oxygen atoms in total. The molecule has 0 aromatic heterocycles. The molecule has 1 fully saturated rings. The fraction of sp³-hybridized carbons (Fsp3) is 0.333. The molecule has 1 saturated heterocycles. The van der Waals surface area contributed by atoms with Crippen LogP contribution < -0.4 is 10.2 Å². The molecule has 1 heterocycles. The molecular formula is C9H11BO4. The first-order chi connectivity index (χ1) is 6.75. The van der Waals surface area contributed by atoms with Crippen LogP contribution in [0.15, 0.2) is 24.3 Å². The molecule has 0 saturated carbocycles. The lowest BCUT2D eigenvalue weighted by molar-refractivity contribution is -0.0796. The summed E-state index contributed by atoms with van der Waals surface area (Å²) in [6, 6.07) is 6.68. The fourth-order valence-corrected chi connectivity index (χ4v) is 1.19. The fourth-order valence-electron chi connectivity index (χ4n) is 1.19. The zero-order chi connectivity index (χ0) is 9.97. The molecule has 0 unspecified atom stereocenters. The Hall–Kier alpha value is -1.04. The van der Waals surface area contributed by atoms with Gasteiger partial charge >= 0.3 is 7.12 Å². The highest BCUT2D eigenvalue weighted by atomic mass is 16.6. The van der Waals surface area contributed by atoms with Crippen molar-refractivity contribution in [2.75, 3.05) is 13.2 Å². The smallest absolute Gasteiger partial charge is 0.486 e. The normalized spacial score (nSPS) is 16.1. The first-order valence-corrected chi connectivity index (χ1v) is 4.46. The number of rotatable bonds is 3. The van der Waals surface area contributed by atoms with Gasteiger partial charge in [-0.15, -0.1) is 0 Å². The largest absolute Gasteiger partial charge is 0.488 e. The van der Waals surface area contributed by atoms with E-state index in [1.807, 2.05) is 0 Å². The lowest BCUT2D eigenvalue weighted by Crippen LogP contribution is -2.38. The van der Waals surface area contributed by atoms with Crippen LogP contribution in [0.1, 0.15) is 0 Å². The van der Waals surface area contributed by atoms with Crippen LogP contribution in [0.3, 0.4) is 0 Å². The molecule has 2 N–H and O–H groups in total. The number of ether oxygens (including phenoxy) is 2. The highest BCUT2D eigenvalue weighted by Gasteiger charge is 2.20. The van der Waals surface area contributed by atoms with E-state index in [4.69, 9.17) is 19.5 Å². The molecule has 5 heteroatoms. The first-order valence-electron chi connectivity index (χ1n) is 4.46.